The maximum absolute atomic E-state index is 5.26. The largest absolute Gasteiger partial charge is 0.388 e. The molecule has 2 N–H and O–H groups in total. The third-order valence-electron chi connectivity index (χ3n) is 9.50. The Morgan fingerprint density at radius 3 is 0.797 bits per heavy atom. The molecule has 0 saturated heterocycles. The predicted molar refractivity (Wildman–Crippen MR) is 353 cm³/mol. The van der Waals surface area contributed by atoms with Gasteiger partial charge in [0.25, 0.3) is 0 Å². The van der Waals surface area contributed by atoms with Gasteiger partial charge in [-0.25, -0.2) is 0 Å². The van der Waals surface area contributed by atoms with Gasteiger partial charge in [-0.3, -0.25) is 19.6 Å². The van der Waals surface area contributed by atoms with Gasteiger partial charge in [-0.1, -0.05) is 62.7 Å². The summed E-state index contributed by atoms with van der Waals surface area (Å²) in [4.78, 5) is 20.1. The summed E-state index contributed by atoms with van der Waals surface area (Å²) >= 11 is 0. The fourth-order valence-electron chi connectivity index (χ4n) is 3.74. The monoisotopic (exact) mass is 1120 g/mol. The van der Waals surface area contributed by atoms with Crippen molar-refractivity contribution in [2.45, 2.75) is 154 Å². The van der Waals surface area contributed by atoms with Gasteiger partial charge < -0.3 is 58.3 Å². The maximum atomic E-state index is 5.26. The van der Waals surface area contributed by atoms with Crippen LogP contribution in [-0.2, 0) is 28.4 Å². The smallest absolute Gasteiger partial charge is 0.0882 e. The molecule has 0 saturated carbocycles. The van der Waals surface area contributed by atoms with Gasteiger partial charge in [-0.15, -0.1) is 0 Å². The van der Waals surface area contributed by atoms with Gasteiger partial charge in [0.1, 0.15) is 0 Å². The Hall–Kier alpha value is -0.206. The number of ether oxygens (including phenoxy) is 6. The summed E-state index contributed by atoms with van der Waals surface area (Å²) < 4.78 is 29.6. The summed E-state index contributed by atoms with van der Waals surface area (Å²) in [5.41, 5.74) is -0.0104. The first-order valence-electron chi connectivity index (χ1n) is 25.8. The number of hydrogen-bond donors (Lipinski definition) is 2. The second-order valence-corrected chi connectivity index (χ2v) is 22.8. The molecule has 0 amide bonds. The number of hydrogen-bond acceptors (Lipinski definition) is 16. The summed E-state index contributed by atoms with van der Waals surface area (Å²) in [6.45, 7) is 33.9. The molecule has 74 heavy (non-hydrogen) atoms. The summed E-state index contributed by atoms with van der Waals surface area (Å²) in [7, 11) is 53.1. The van der Waals surface area contributed by atoms with Crippen molar-refractivity contribution in [3.8, 4) is 0 Å². The predicted octanol–water partition coefficient (Wildman–Crippen LogP) is 7.79. The van der Waals surface area contributed by atoms with E-state index in [0.29, 0.717) is 39.7 Å². The van der Waals surface area contributed by atoms with Gasteiger partial charge in [0.05, 0.1) is 39.8 Å². The van der Waals surface area contributed by atoms with Crippen molar-refractivity contribution in [3.05, 3.63) is 0 Å². The molecular weight excluding hydrogens is 965 g/mol. The summed E-state index contributed by atoms with van der Waals surface area (Å²) in [6, 6.07) is 0.574. The molecule has 18 heteroatoms. The first kappa shape index (κ1) is 113. The Labute approximate surface area is 478 Å². The number of methoxy groups -OCH3 is 6. The molecule has 0 spiro atoms. The van der Waals surface area contributed by atoms with Crippen LogP contribution in [0.25, 0.3) is 0 Å². The van der Waals surface area contributed by atoms with E-state index in [9.17, 15) is 0 Å². The van der Waals surface area contributed by atoms with Crippen LogP contribution in [0.5, 0.6) is 0 Å². The highest BCUT2D eigenvalue weighted by atomic mass is 28.2. The quantitative estimate of drug-likeness (QED) is 0.103. The highest BCUT2D eigenvalue weighted by Gasteiger charge is 2.20. The van der Waals surface area contributed by atoms with Crippen molar-refractivity contribution >= 4 is 19.2 Å². The van der Waals surface area contributed by atoms with E-state index in [1.165, 1.54) is 0 Å². The van der Waals surface area contributed by atoms with Crippen LogP contribution in [-0.4, -0.2) is 312 Å². The van der Waals surface area contributed by atoms with Gasteiger partial charge in [0.2, 0.25) is 0 Å². The highest BCUT2D eigenvalue weighted by molar-refractivity contribution is 6.31. The molecule has 0 aliphatic carbocycles. The molecule has 0 aliphatic rings. The minimum absolute atomic E-state index is 0. The second kappa shape index (κ2) is 89.4. The molecule has 0 aromatic rings. The van der Waals surface area contributed by atoms with Crippen LogP contribution in [0.2, 0.25) is 19.6 Å². The zero-order valence-corrected chi connectivity index (χ0v) is 59.6. The standard InChI is InChI=1S/C9H21NO.C8H18O2.C7H17NO.C6H16N2.C5H14N2.C4H11N.C3H9N.C3H8O.C2H9NSi.C2H7N.C2H6O.C2H8Si.3CH4/c1-7(9(3)11-6)8(2)10(4)5;1-6(7(2)9-4)8(3)10-5;1-7(2,9-5)6-8(3)4;1-6(7(2)3)8(4)5;1-6(2)5-7(3)4;1-4-5(2)3;1-4(2)3;2*1-3-4-2;3*1-3-2;;;/h7-9H,1-6H3;6-8H,1-5H3;6H2,1-5H3;6H,1-5H3;5H2,1-4H3;4H2,1-3H3;1-3H3;3H2,1-2H3;3H,4H2,1-2H3;3H,1-2H3;1-2H3;3H2,1-2H3;3*1H4. The lowest BCUT2D eigenvalue weighted by Crippen LogP contribution is -2.37. The molecule has 16 nitrogen and oxygen atoms in total. The lowest BCUT2D eigenvalue weighted by Gasteiger charge is -2.29. The molecule has 0 aromatic heterocycles. The summed E-state index contributed by atoms with van der Waals surface area (Å²) in [5.74, 6) is 1.03. The van der Waals surface area contributed by atoms with E-state index in [2.05, 4.69) is 228 Å². The minimum Gasteiger partial charge on any atom is -0.388 e. The fraction of sp³-hybridized carbons (Fsp3) is 1.00. The fourth-order valence-corrected chi connectivity index (χ4v) is 3.74. The van der Waals surface area contributed by atoms with Crippen LogP contribution in [0.4, 0.5) is 0 Å². The molecule has 0 bridgehead atoms. The van der Waals surface area contributed by atoms with E-state index < -0.39 is 0 Å². The van der Waals surface area contributed by atoms with E-state index in [0.717, 1.165) is 26.4 Å². The van der Waals surface area contributed by atoms with Gasteiger partial charge >= 0.3 is 0 Å². The SMILES string of the molecule is C.C.C.CC(N(C)C)N(C)C.CCN(C)C.CCOC.CN(C)C.CN(C)CN(C)C.CNC.CN[SiH2]C.COC.COC(C)(C)CN(C)C.COC(C)C(C)C(C)N(C)C.COC(C)C(C)C(C)OC.C[SiH2]C. The zero-order chi connectivity index (χ0) is 60.1. The molecule has 0 radical (unpaired) electrons. The van der Waals surface area contributed by atoms with Crippen molar-refractivity contribution in [1.29, 1.82) is 0 Å². The average molecular weight is 1120 g/mol. The van der Waals surface area contributed by atoms with Crippen LogP contribution in [0.1, 0.15) is 98.4 Å². The van der Waals surface area contributed by atoms with Gasteiger partial charge in [-0.05, 0) is 209 Å². The van der Waals surface area contributed by atoms with E-state index in [-0.39, 0.29) is 49.8 Å². The Bertz CT molecular complexity index is 807. The summed E-state index contributed by atoms with van der Waals surface area (Å²) in [5, 5.41) is 2.75. The molecule has 5 unspecified atom stereocenters. The number of nitrogens with one attached hydrogen (secondary N) is 2. The first-order chi connectivity index (χ1) is 32.4. The van der Waals surface area contributed by atoms with Crippen molar-refractivity contribution < 1.29 is 28.4 Å². The van der Waals surface area contributed by atoms with E-state index in [4.69, 9.17) is 18.9 Å². The first-order valence-corrected chi connectivity index (χ1v) is 30.8. The highest BCUT2D eigenvalue weighted by Crippen LogP contribution is 2.14. The maximum Gasteiger partial charge on any atom is 0.0882 e. The lowest BCUT2D eigenvalue weighted by molar-refractivity contribution is -0.00869. The van der Waals surface area contributed by atoms with Crippen LogP contribution in [0, 0.1) is 11.8 Å². The molecule has 474 valence electrons. The third-order valence-corrected chi connectivity index (χ3v) is 10.2. The number of rotatable bonds is 18. The molecule has 0 aliphatic heterocycles. The van der Waals surface area contributed by atoms with Crippen LogP contribution >= 0.6 is 0 Å². The Balaban J connectivity index is -0.0000000404. The topological polar surface area (TPSA) is 105 Å². The van der Waals surface area contributed by atoms with Crippen molar-refractivity contribution in [2.75, 3.05) is 217 Å². The molecule has 5 atom stereocenters. The lowest BCUT2D eigenvalue weighted by atomic mass is 9.97. The van der Waals surface area contributed by atoms with E-state index in [1.54, 1.807) is 49.8 Å². The molecular formula is C56H156N10O6Si2. The van der Waals surface area contributed by atoms with Crippen LogP contribution < -0.4 is 10.3 Å². The second-order valence-electron chi connectivity index (χ2n) is 19.9. The number of nitrogens with zero attached hydrogens (tertiary/aromatic N) is 8. The molecule has 0 aromatic carbocycles. The van der Waals surface area contributed by atoms with Crippen molar-refractivity contribution in [1.82, 2.24) is 49.5 Å². The minimum atomic E-state index is -0.0104. The Morgan fingerprint density at radius 1 is 0.486 bits per heavy atom. The average Bonchev–Trinajstić information content (AvgIpc) is 3.27. The molecule has 0 fully saturated rings. The molecule has 0 rings (SSSR count). The van der Waals surface area contributed by atoms with E-state index >= 15 is 0 Å². The molecule has 0 heterocycles. The van der Waals surface area contributed by atoms with Gasteiger partial charge in [0.15, 0.2) is 0 Å². The Kier molecular flexibility index (Phi) is 137. The van der Waals surface area contributed by atoms with E-state index in [1.807, 2.05) is 68.2 Å². The summed E-state index contributed by atoms with van der Waals surface area (Å²) in [6.07, 6.45) is 1.42. The van der Waals surface area contributed by atoms with Crippen molar-refractivity contribution in [2.24, 2.45) is 11.8 Å². The normalized spacial score (nSPS) is 12.4. The van der Waals surface area contributed by atoms with Gasteiger partial charge in [-0.2, -0.15) is 0 Å². The third kappa shape index (κ3) is 145. The number of likely N-dealkylation sites (N-methyl/N-ethyl adjacent to an activating group) is 1. The van der Waals surface area contributed by atoms with Crippen molar-refractivity contribution in [3.63, 3.8) is 0 Å². The van der Waals surface area contributed by atoms with Crippen LogP contribution in [0.15, 0.2) is 0 Å². The van der Waals surface area contributed by atoms with Gasteiger partial charge in [0, 0.05) is 91.1 Å². The van der Waals surface area contributed by atoms with Crippen LogP contribution in [0.3, 0.4) is 0 Å². The Morgan fingerprint density at radius 2 is 0.716 bits per heavy atom. The zero-order valence-electron chi connectivity index (χ0n) is 56.8.